The van der Waals surface area contributed by atoms with Gasteiger partial charge in [-0.1, -0.05) is 0 Å². The Labute approximate surface area is 85.4 Å². The summed E-state index contributed by atoms with van der Waals surface area (Å²) in [5, 5.41) is 6.60. The van der Waals surface area contributed by atoms with Crippen LogP contribution in [0.15, 0.2) is 0 Å². The fraction of sp³-hybridized carbons (Fsp3) is 1.00. The third-order valence-electron chi connectivity index (χ3n) is 3.19. The molecule has 1 atom stereocenters. The van der Waals surface area contributed by atoms with Gasteiger partial charge in [0, 0.05) is 25.2 Å². The van der Waals surface area contributed by atoms with Crippen LogP contribution >= 0.6 is 0 Å². The lowest BCUT2D eigenvalue weighted by Crippen LogP contribution is -2.52. The van der Waals surface area contributed by atoms with Crippen molar-refractivity contribution >= 4 is 9.84 Å². The van der Waals surface area contributed by atoms with Gasteiger partial charge in [-0.2, -0.15) is 0 Å². The van der Waals surface area contributed by atoms with Crippen LogP contribution in [0.1, 0.15) is 13.3 Å². The summed E-state index contributed by atoms with van der Waals surface area (Å²) < 4.78 is 22.6. The molecule has 4 nitrogen and oxygen atoms in total. The van der Waals surface area contributed by atoms with E-state index < -0.39 is 9.84 Å². The van der Waals surface area contributed by atoms with E-state index in [0.29, 0.717) is 17.4 Å². The van der Waals surface area contributed by atoms with Crippen LogP contribution in [0.4, 0.5) is 0 Å². The van der Waals surface area contributed by atoms with Crippen molar-refractivity contribution in [2.75, 3.05) is 31.1 Å². The number of hydrogen-bond acceptors (Lipinski definition) is 4. The highest BCUT2D eigenvalue weighted by atomic mass is 32.2. The minimum atomic E-state index is -2.77. The Balaban J connectivity index is 1.84. The second-order valence-electron chi connectivity index (χ2n) is 4.81. The quantitative estimate of drug-likeness (QED) is 0.662. The van der Waals surface area contributed by atoms with Crippen LogP contribution in [-0.4, -0.2) is 45.1 Å². The first-order valence-electron chi connectivity index (χ1n) is 5.15. The van der Waals surface area contributed by atoms with Gasteiger partial charge in [-0.25, -0.2) is 8.42 Å². The Morgan fingerprint density at radius 1 is 1.50 bits per heavy atom. The van der Waals surface area contributed by atoms with Crippen LogP contribution in [-0.2, 0) is 9.84 Å². The zero-order valence-electron chi connectivity index (χ0n) is 8.54. The van der Waals surface area contributed by atoms with E-state index in [9.17, 15) is 8.42 Å². The van der Waals surface area contributed by atoms with Gasteiger partial charge in [0.2, 0.25) is 0 Å². The molecule has 0 radical (unpaired) electrons. The summed E-state index contributed by atoms with van der Waals surface area (Å²) in [5.74, 6) is 1.34. The van der Waals surface area contributed by atoms with Gasteiger partial charge >= 0.3 is 0 Å². The third kappa shape index (κ3) is 2.27. The largest absolute Gasteiger partial charge is 0.316 e. The minimum Gasteiger partial charge on any atom is -0.316 e. The zero-order chi connectivity index (χ0) is 10.2. The van der Waals surface area contributed by atoms with Crippen LogP contribution in [0.3, 0.4) is 0 Å². The highest BCUT2D eigenvalue weighted by molar-refractivity contribution is 7.91. The predicted octanol–water partition coefficient (Wildman–Crippen LogP) is -0.627. The highest BCUT2D eigenvalue weighted by Crippen LogP contribution is 2.23. The van der Waals surface area contributed by atoms with E-state index in [4.69, 9.17) is 0 Å². The fourth-order valence-electron chi connectivity index (χ4n) is 2.03. The topological polar surface area (TPSA) is 58.2 Å². The van der Waals surface area contributed by atoms with Crippen molar-refractivity contribution in [3.05, 3.63) is 0 Å². The zero-order valence-corrected chi connectivity index (χ0v) is 9.36. The van der Waals surface area contributed by atoms with Crippen molar-refractivity contribution in [1.82, 2.24) is 10.6 Å². The maximum absolute atomic E-state index is 11.3. The van der Waals surface area contributed by atoms with Gasteiger partial charge in [0.1, 0.15) is 0 Å². The summed E-state index contributed by atoms with van der Waals surface area (Å²) in [6, 6.07) is 0. The Morgan fingerprint density at radius 3 is 2.64 bits per heavy atom. The smallest absolute Gasteiger partial charge is 0.152 e. The van der Waals surface area contributed by atoms with Gasteiger partial charge in [0.25, 0.3) is 0 Å². The number of sulfone groups is 1. The van der Waals surface area contributed by atoms with Crippen molar-refractivity contribution < 1.29 is 8.42 Å². The summed E-state index contributed by atoms with van der Waals surface area (Å²) in [7, 11) is -2.77. The first-order valence-corrected chi connectivity index (χ1v) is 6.97. The summed E-state index contributed by atoms with van der Waals surface area (Å²) in [6.45, 7) is 5.09. The Kier molecular flexibility index (Phi) is 2.57. The van der Waals surface area contributed by atoms with Gasteiger partial charge < -0.3 is 10.6 Å². The Bertz CT molecular complexity index is 311. The first kappa shape index (κ1) is 10.4. The van der Waals surface area contributed by atoms with E-state index in [-0.39, 0.29) is 5.54 Å². The first-order chi connectivity index (χ1) is 6.49. The monoisotopic (exact) mass is 218 g/mol. The van der Waals surface area contributed by atoms with Crippen LogP contribution in [0, 0.1) is 5.92 Å². The van der Waals surface area contributed by atoms with Gasteiger partial charge in [0.05, 0.1) is 11.5 Å². The fourth-order valence-corrected chi connectivity index (χ4v) is 4.16. The molecule has 2 rings (SSSR count). The molecule has 2 aliphatic heterocycles. The summed E-state index contributed by atoms with van der Waals surface area (Å²) in [4.78, 5) is 0. The molecule has 0 bridgehead atoms. The van der Waals surface area contributed by atoms with Gasteiger partial charge in [-0.15, -0.1) is 0 Å². The molecule has 2 heterocycles. The maximum Gasteiger partial charge on any atom is 0.152 e. The van der Waals surface area contributed by atoms with Gasteiger partial charge in [-0.3, -0.25) is 0 Å². The summed E-state index contributed by atoms with van der Waals surface area (Å²) in [5.41, 5.74) is -0.172. The molecule has 2 fully saturated rings. The van der Waals surface area contributed by atoms with Gasteiger partial charge in [-0.05, 0) is 19.3 Å². The van der Waals surface area contributed by atoms with Crippen LogP contribution in [0.2, 0.25) is 0 Å². The van der Waals surface area contributed by atoms with Crippen molar-refractivity contribution in [2.45, 2.75) is 18.9 Å². The normalized spacial score (nSPS) is 36.9. The summed E-state index contributed by atoms with van der Waals surface area (Å²) >= 11 is 0. The average molecular weight is 218 g/mol. The van der Waals surface area contributed by atoms with Crippen molar-refractivity contribution in [2.24, 2.45) is 5.92 Å². The lowest BCUT2D eigenvalue weighted by molar-refractivity contribution is 0.287. The molecule has 1 unspecified atom stereocenters. The molecule has 82 valence electrons. The molecule has 14 heavy (non-hydrogen) atoms. The molecule has 2 aliphatic rings. The van der Waals surface area contributed by atoms with Crippen LogP contribution in [0.25, 0.3) is 0 Å². The molecule has 0 aliphatic carbocycles. The van der Waals surface area contributed by atoms with E-state index >= 15 is 0 Å². The lowest BCUT2D eigenvalue weighted by atomic mass is 9.98. The Hall–Kier alpha value is -0.130. The molecule has 0 spiro atoms. The average Bonchev–Trinajstić information content (AvgIpc) is 2.23. The molecule has 2 N–H and O–H groups in total. The molecular formula is C9H18N2O2S. The second kappa shape index (κ2) is 3.47. The SMILES string of the molecule is CC1(NCC2CNC2)CCS(=O)(=O)C1. The maximum atomic E-state index is 11.3. The number of hydrogen-bond donors (Lipinski definition) is 2. The van der Waals surface area contributed by atoms with Gasteiger partial charge in [0.15, 0.2) is 9.84 Å². The second-order valence-corrected chi connectivity index (χ2v) is 6.99. The van der Waals surface area contributed by atoms with E-state index in [1.54, 1.807) is 0 Å². The molecule has 2 saturated heterocycles. The van der Waals surface area contributed by atoms with Crippen molar-refractivity contribution in [3.8, 4) is 0 Å². The van der Waals surface area contributed by atoms with E-state index in [2.05, 4.69) is 10.6 Å². The van der Waals surface area contributed by atoms with Crippen LogP contribution in [0.5, 0.6) is 0 Å². The standard InChI is InChI=1S/C9H18N2O2S/c1-9(2-3-14(12,13)7-9)11-6-8-4-10-5-8/h8,10-11H,2-7H2,1H3. The number of rotatable bonds is 3. The van der Waals surface area contributed by atoms with E-state index in [0.717, 1.165) is 26.1 Å². The van der Waals surface area contributed by atoms with Crippen LogP contribution < -0.4 is 10.6 Å². The molecule has 0 amide bonds. The third-order valence-corrected chi connectivity index (χ3v) is 5.09. The molecular weight excluding hydrogens is 200 g/mol. The molecule has 0 aromatic rings. The number of nitrogens with one attached hydrogen (secondary N) is 2. The molecule has 5 heteroatoms. The predicted molar refractivity (Wildman–Crippen MR) is 56.0 cm³/mol. The van der Waals surface area contributed by atoms with Crippen molar-refractivity contribution in [1.29, 1.82) is 0 Å². The highest BCUT2D eigenvalue weighted by Gasteiger charge is 2.38. The summed E-state index contributed by atoms with van der Waals surface area (Å²) in [6.07, 6.45) is 0.759. The van der Waals surface area contributed by atoms with E-state index in [1.807, 2.05) is 6.92 Å². The van der Waals surface area contributed by atoms with Crippen molar-refractivity contribution in [3.63, 3.8) is 0 Å². The Morgan fingerprint density at radius 2 is 2.21 bits per heavy atom. The molecule has 0 saturated carbocycles. The molecule has 0 aromatic heterocycles. The minimum absolute atomic E-state index is 0.172. The van der Waals surface area contributed by atoms with E-state index in [1.165, 1.54) is 0 Å². The lowest BCUT2D eigenvalue weighted by Gasteiger charge is -2.32. The molecule has 0 aromatic carbocycles.